The molecule has 0 aromatic carbocycles. The zero-order chi connectivity index (χ0) is 9.68. The van der Waals surface area contributed by atoms with Gasteiger partial charge in [-0.3, -0.25) is 9.78 Å². The van der Waals surface area contributed by atoms with Gasteiger partial charge in [-0.1, -0.05) is 0 Å². The van der Waals surface area contributed by atoms with E-state index in [0.29, 0.717) is 5.56 Å². The molecule has 0 saturated heterocycles. The molecule has 1 heterocycles. The summed E-state index contributed by atoms with van der Waals surface area (Å²) in [6, 6.07) is 1.69. The lowest BCUT2D eigenvalue weighted by Gasteiger charge is -2.07. The van der Waals surface area contributed by atoms with Crippen LogP contribution in [-0.2, 0) is 0 Å². The molecule has 1 aromatic heterocycles. The first-order valence-electron chi connectivity index (χ1n) is 4.19. The molecule has 0 spiro atoms. The highest BCUT2D eigenvalue weighted by atomic mass is 16.1. The average Bonchev–Trinajstić information content (AvgIpc) is 2.18. The third-order valence-electron chi connectivity index (χ3n) is 1.66. The standard InChI is InChI=1S/C9H13N3O/c1-3-12-8-6-11-5-4-7(8)9(13)10-2/h4-6,12H,3H2,1-2H3,(H,10,13). The van der Waals surface area contributed by atoms with Crippen LogP contribution >= 0.6 is 0 Å². The topological polar surface area (TPSA) is 54.0 Å². The predicted molar refractivity (Wildman–Crippen MR) is 51.8 cm³/mol. The van der Waals surface area contributed by atoms with E-state index in [0.717, 1.165) is 12.2 Å². The van der Waals surface area contributed by atoms with Crippen molar-refractivity contribution < 1.29 is 4.79 Å². The smallest absolute Gasteiger partial charge is 0.253 e. The van der Waals surface area contributed by atoms with Crippen LogP contribution in [0, 0.1) is 0 Å². The SMILES string of the molecule is CCNc1cnccc1C(=O)NC. The molecule has 13 heavy (non-hydrogen) atoms. The van der Waals surface area contributed by atoms with Crippen molar-refractivity contribution in [3.63, 3.8) is 0 Å². The van der Waals surface area contributed by atoms with Crippen LogP contribution in [0.5, 0.6) is 0 Å². The van der Waals surface area contributed by atoms with Crippen LogP contribution in [0.1, 0.15) is 17.3 Å². The monoisotopic (exact) mass is 179 g/mol. The first-order chi connectivity index (χ1) is 6.29. The van der Waals surface area contributed by atoms with Gasteiger partial charge in [0, 0.05) is 19.8 Å². The molecule has 4 heteroatoms. The fourth-order valence-electron chi connectivity index (χ4n) is 1.06. The van der Waals surface area contributed by atoms with E-state index < -0.39 is 0 Å². The Labute approximate surface area is 77.4 Å². The molecule has 0 aliphatic carbocycles. The van der Waals surface area contributed by atoms with Crippen LogP contribution < -0.4 is 10.6 Å². The maximum absolute atomic E-state index is 11.3. The minimum Gasteiger partial charge on any atom is -0.383 e. The van der Waals surface area contributed by atoms with E-state index in [2.05, 4.69) is 15.6 Å². The van der Waals surface area contributed by atoms with E-state index in [1.165, 1.54) is 0 Å². The maximum atomic E-state index is 11.3. The fourth-order valence-corrected chi connectivity index (χ4v) is 1.06. The van der Waals surface area contributed by atoms with Crippen LogP contribution in [-0.4, -0.2) is 24.5 Å². The minimum atomic E-state index is -0.0987. The minimum absolute atomic E-state index is 0.0987. The summed E-state index contributed by atoms with van der Waals surface area (Å²) in [7, 11) is 1.61. The second kappa shape index (κ2) is 4.45. The average molecular weight is 179 g/mol. The van der Waals surface area contributed by atoms with Gasteiger partial charge < -0.3 is 10.6 Å². The van der Waals surface area contributed by atoms with Gasteiger partial charge in [-0.25, -0.2) is 0 Å². The number of pyridine rings is 1. The summed E-state index contributed by atoms with van der Waals surface area (Å²) in [5.74, 6) is -0.0987. The highest BCUT2D eigenvalue weighted by Crippen LogP contribution is 2.12. The van der Waals surface area contributed by atoms with Gasteiger partial charge in [0.25, 0.3) is 5.91 Å². The van der Waals surface area contributed by atoms with Gasteiger partial charge in [0.1, 0.15) is 0 Å². The third-order valence-corrected chi connectivity index (χ3v) is 1.66. The molecule has 0 aliphatic rings. The Balaban J connectivity index is 2.97. The number of anilines is 1. The van der Waals surface area contributed by atoms with E-state index in [9.17, 15) is 4.79 Å². The number of amides is 1. The van der Waals surface area contributed by atoms with Crippen molar-refractivity contribution in [2.45, 2.75) is 6.92 Å². The van der Waals surface area contributed by atoms with E-state index in [-0.39, 0.29) is 5.91 Å². The van der Waals surface area contributed by atoms with Gasteiger partial charge in [0.05, 0.1) is 17.4 Å². The van der Waals surface area contributed by atoms with Crippen molar-refractivity contribution in [1.82, 2.24) is 10.3 Å². The quantitative estimate of drug-likeness (QED) is 0.724. The van der Waals surface area contributed by atoms with Gasteiger partial charge in [-0.15, -0.1) is 0 Å². The molecule has 1 aromatic rings. The number of aromatic nitrogens is 1. The molecule has 0 radical (unpaired) electrons. The summed E-state index contributed by atoms with van der Waals surface area (Å²) in [5.41, 5.74) is 1.39. The van der Waals surface area contributed by atoms with Gasteiger partial charge in [0.2, 0.25) is 0 Å². The molecular formula is C9H13N3O. The lowest BCUT2D eigenvalue weighted by Crippen LogP contribution is -2.19. The third kappa shape index (κ3) is 2.18. The molecule has 2 N–H and O–H groups in total. The van der Waals surface area contributed by atoms with Crippen molar-refractivity contribution in [1.29, 1.82) is 0 Å². The van der Waals surface area contributed by atoms with E-state index in [1.807, 2.05) is 6.92 Å². The summed E-state index contributed by atoms with van der Waals surface area (Å²) in [6.07, 6.45) is 3.25. The lowest BCUT2D eigenvalue weighted by molar-refractivity contribution is 0.0964. The summed E-state index contributed by atoms with van der Waals surface area (Å²) < 4.78 is 0. The molecular weight excluding hydrogens is 166 g/mol. The van der Waals surface area contributed by atoms with Crippen molar-refractivity contribution in [2.24, 2.45) is 0 Å². The second-order valence-corrected chi connectivity index (χ2v) is 2.53. The molecule has 1 rings (SSSR count). The number of carbonyl (C=O) groups excluding carboxylic acids is 1. The first kappa shape index (κ1) is 9.51. The van der Waals surface area contributed by atoms with Crippen LogP contribution in [0.4, 0.5) is 5.69 Å². The van der Waals surface area contributed by atoms with Crippen molar-refractivity contribution in [3.8, 4) is 0 Å². The fraction of sp³-hybridized carbons (Fsp3) is 0.333. The van der Waals surface area contributed by atoms with Crippen LogP contribution in [0.3, 0.4) is 0 Å². The second-order valence-electron chi connectivity index (χ2n) is 2.53. The van der Waals surface area contributed by atoms with Gasteiger partial charge in [-0.2, -0.15) is 0 Å². The highest BCUT2D eigenvalue weighted by Gasteiger charge is 2.07. The zero-order valence-corrected chi connectivity index (χ0v) is 7.79. The van der Waals surface area contributed by atoms with Gasteiger partial charge in [0.15, 0.2) is 0 Å². The summed E-state index contributed by atoms with van der Waals surface area (Å²) >= 11 is 0. The normalized spacial score (nSPS) is 9.38. The van der Waals surface area contributed by atoms with Crippen molar-refractivity contribution in [2.75, 3.05) is 18.9 Å². The molecule has 0 atom stereocenters. The van der Waals surface area contributed by atoms with Gasteiger partial charge >= 0.3 is 0 Å². The number of nitrogens with zero attached hydrogens (tertiary/aromatic N) is 1. The molecule has 70 valence electrons. The molecule has 1 amide bonds. The Bertz CT molecular complexity index is 299. The number of hydrogen-bond donors (Lipinski definition) is 2. The lowest BCUT2D eigenvalue weighted by atomic mass is 10.2. The van der Waals surface area contributed by atoms with Gasteiger partial charge in [-0.05, 0) is 13.0 Å². The highest BCUT2D eigenvalue weighted by molar-refractivity contribution is 5.99. The Morgan fingerprint density at radius 2 is 2.38 bits per heavy atom. The number of hydrogen-bond acceptors (Lipinski definition) is 3. The van der Waals surface area contributed by atoms with Crippen LogP contribution in [0.2, 0.25) is 0 Å². The van der Waals surface area contributed by atoms with E-state index in [1.54, 1.807) is 25.5 Å². The van der Waals surface area contributed by atoms with Crippen molar-refractivity contribution in [3.05, 3.63) is 24.0 Å². The largest absolute Gasteiger partial charge is 0.383 e. The van der Waals surface area contributed by atoms with Crippen molar-refractivity contribution >= 4 is 11.6 Å². The van der Waals surface area contributed by atoms with E-state index in [4.69, 9.17) is 0 Å². The predicted octanol–water partition coefficient (Wildman–Crippen LogP) is 0.873. The summed E-state index contributed by atoms with van der Waals surface area (Å²) in [6.45, 7) is 2.75. The summed E-state index contributed by atoms with van der Waals surface area (Å²) in [4.78, 5) is 15.3. The molecule has 0 bridgehead atoms. The molecule has 4 nitrogen and oxygen atoms in total. The number of rotatable bonds is 3. The summed E-state index contributed by atoms with van der Waals surface area (Å²) in [5, 5.41) is 5.64. The Kier molecular flexibility index (Phi) is 3.25. The zero-order valence-electron chi connectivity index (χ0n) is 7.79. The molecule has 0 saturated carbocycles. The number of carbonyl (C=O) groups is 1. The maximum Gasteiger partial charge on any atom is 0.253 e. The van der Waals surface area contributed by atoms with E-state index >= 15 is 0 Å². The first-order valence-corrected chi connectivity index (χ1v) is 4.19. The molecule has 0 unspecified atom stereocenters. The number of nitrogens with one attached hydrogen (secondary N) is 2. The Hall–Kier alpha value is -1.58. The molecule has 0 fully saturated rings. The Morgan fingerprint density at radius 1 is 1.62 bits per heavy atom. The Morgan fingerprint density at radius 3 is 3.00 bits per heavy atom. The van der Waals surface area contributed by atoms with Crippen LogP contribution in [0.15, 0.2) is 18.5 Å². The molecule has 0 aliphatic heterocycles. The van der Waals surface area contributed by atoms with Crippen LogP contribution in [0.25, 0.3) is 0 Å².